The second-order valence-electron chi connectivity index (χ2n) is 4.78. The van der Waals surface area contributed by atoms with Crippen molar-refractivity contribution in [2.24, 2.45) is 5.41 Å². The van der Waals surface area contributed by atoms with Gasteiger partial charge in [0.05, 0.1) is 11.0 Å². The Morgan fingerprint density at radius 2 is 1.58 bits per heavy atom. The molecule has 1 aromatic carbocycles. The van der Waals surface area contributed by atoms with Crippen LogP contribution >= 0.6 is 0 Å². The van der Waals surface area contributed by atoms with E-state index in [1.54, 1.807) is 0 Å². The molecule has 0 aliphatic rings. The first-order valence-electron chi connectivity index (χ1n) is 6.37. The van der Waals surface area contributed by atoms with Gasteiger partial charge in [0.25, 0.3) is 0 Å². The highest BCUT2D eigenvalue weighted by Crippen LogP contribution is 2.41. The SMILES string of the molecule is [2H]C([2H])(c1ccc(C)c(C(F)(F)F)c1)C(C)(C)C(F)(F)F. The van der Waals surface area contributed by atoms with Crippen molar-refractivity contribution in [3.63, 3.8) is 0 Å². The monoisotopic (exact) mass is 286 g/mol. The van der Waals surface area contributed by atoms with Crippen LogP contribution in [0.2, 0.25) is 0 Å². The lowest BCUT2D eigenvalue weighted by Crippen LogP contribution is -2.34. The highest BCUT2D eigenvalue weighted by Gasteiger charge is 2.47. The molecule has 0 aromatic heterocycles. The van der Waals surface area contributed by atoms with Crippen LogP contribution < -0.4 is 0 Å². The van der Waals surface area contributed by atoms with Crippen molar-refractivity contribution < 1.29 is 29.1 Å². The summed E-state index contributed by atoms with van der Waals surface area (Å²) in [5.74, 6) is 0. The van der Waals surface area contributed by atoms with Crippen molar-refractivity contribution in [3.8, 4) is 0 Å². The van der Waals surface area contributed by atoms with Gasteiger partial charge < -0.3 is 0 Å². The molecule has 0 atom stereocenters. The summed E-state index contributed by atoms with van der Waals surface area (Å²) in [5, 5.41) is 0. The van der Waals surface area contributed by atoms with Crippen LogP contribution in [-0.4, -0.2) is 6.18 Å². The fourth-order valence-corrected chi connectivity index (χ4v) is 1.44. The van der Waals surface area contributed by atoms with Crippen molar-refractivity contribution >= 4 is 0 Å². The van der Waals surface area contributed by atoms with Gasteiger partial charge in [0, 0.05) is 2.74 Å². The summed E-state index contributed by atoms with van der Waals surface area (Å²) in [6.45, 7) is 2.41. The van der Waals surface area contributed by atoms with Crippen molar-refractivity contribution in [1.82, 2.24) is 0 Å². The van der Waals surface area contributed by atoms with Crippen LogP contribution in [0.1, 0.15) is 33.3 Å². The Bertz CT molecular complexity index is 528. The Hall–Kier alpha value is -1.20. The van der Waals surface area contributed by atoms with E-state index in [2.05, 4.69) is 0 Å². The zero-order chi connectivity index (χ0) is 16.9. The standard InChI is InChI=1S/C13H14F6/c1-8-4-5-9(6-10(8)12(14,15)16)7-11(2,3)13(17,18)19/h4-6H,7H2,1-3H3/i7D2. The quantitative estimate of drug-likeness (QED) is 0.660. The van der Waals surface area contributed by atoms with Crippen LogP contribution in [0, 0.1) is 12.3 Å². The summed E-state index contributed by atoms with van der Waals surface area (Å²) in [6, 6.07) is 2.38. The van der Waals surface area contributed by atoms with Crippen molar-refractivity contribution in [1.29, 1.82) is 0 Å². The van der Waals surface area contributed by atoms with Gasteiger partial charge in [-0.3, -0.25) is 0 Å². The highest BCUT2D eigenvalue weighted by molar-refractivity contribution is 5.33. The average molecular weight is 286 g/mol. The fraction of sp³-hybridized carbons (Fsp3) is 0.538. The molecule has 0 aliphatic heterocycles. The van der Waals surface area contributed by atoms with E-state index in [4.69, 9.17) is 2.74 Å². The normalized spacial score (nSPS) is 16.1. The van der Waals surface area contributed by atoms with E-state index in [9.17, 15) is 26.3 Å². The van der Waals surface area contributed by atoms with E-state index in [-0.39, 0.29) is 5.56 Å². The second-order valence-corrected chi connectivity index (χ2v) is 4.78. The molecule has 1 rings (SSSR count). The maximum atomic E-state index is 13.0. The van der Waals surface area contributed by atoms with Gasteiger partial charge in [-0.2, -0.15) is 26.3 Å². The Kier molecular flexibility index (Phi) is 3.19. The lowest BCUT2D eigenvalue weighted by atomic mass is 9.84. The van der Waals surface area contributed by atoms with Gasteiger partial charge in [-0.15, -0.1) is 0 Å². The van der Waals surface area contributed by atoms with Gasteiger partial charge >= 0.3 is 12.4 Å². The van der Waals surface area contributed by atoms with E-state index < -0.39 is 35.3 Å². The summed E-state index contributed by atoms with van der Waals surface area (Å²) < 4.78 is 92.7. The first kappa shape index (κ1) is 12.8. The lowest BCUT2D eigenvalue weighted by Gasteiger charge is -2.28. The van der Waals surface area contributed by atoms with Gasteiger partial charge in [0.15, 0.2) is 0 Å². The summed E-state index contributed by atoms with van der Waals surface area (Å²) in [4.78, 5) is 0. The number of aryl methyl sites for hydroxylation is 1. The molecule has 0 saturated carbocycles. The minimum Gasteiger partial charge on any atom is -0.171 e. The average Bonchev–Trinajstić information content (AvgIpc) is 2.25. The zero-order valence-corrected chi connectivity index (χ0v) is 10.5. The Morgan fingerprint density at radius 3 is 2.00 bits per heavy atom. The van der Waals surface area contributed by atoms with Crippen LogP contribution in [0.3, 0.4) is 0 Å². The van der Waals surface area contributed by atoms with Gasteiger partial charge in [-0.1, -0.05) is 26.0 Å². The minimum absolute atomic E-state index is 0.174. The number of alkyl halides is 6. The number of rotatable bonds is 2. The number of hydrogen-bond acceptors (Lipinski definition) is 0. The molecule has 0 fully saturated rings. The predicted octanol–water partition coefficient (Wildman–Crippen LogP) is 5.14. The Morgan fingerprint density at radius 1 is 1.05 bits per heavy atom. The van der Waals surface area contributed by atoms with Crippen molar-refractivity contribution in [3.05, 3.63) is 34.9 Å². The third-order valence-corrected chi connectivity index (χ3v) is 2.71. The van der Waals surface area contributed by atoms with Gasteiger partial charge in [0.1, 0.15) is 0 Å². The maximum Gasteiger partial charge on any atom is 0.416 e. The van der Waals surface area contributed by atoms with E-state index in [1.807, 2.05) is 0 Å². The molecule has 0 amide bonds. The third-order valence-electron chi connectivity index (χ3n) is 2.71. The Labute approximate surface area is 110 Å². The van der Waals surface area contributed by atoms with E-state index in [0.717, 1.165) is 19.1 Å². The van der Waals surface area contributed by atoms with E-state index in [1.165, 1.54) is 0 Å². The smallest absolute Gasteiger partial charge is 0.171 e. The van der Waals surface area contributed by atoms with Crippen LogP contribution in [0.5, 0.6) is 0 Å². The summed E-state index contributed by atoms with van der Waals surface area (Å²) in [7, 11) is 0. The molecule has 0 saturated heterocycles. The van der Waals surface area contributed by atoms with Crippen LogP contribution in [0.4, 0.5) is 26.3 Å². The molecule has 0 aliphatic carbocycles. The number of hydrogen-bond donors (Lipinski definition) is 0. The topological polar surface area (TPSA) is 0 Å². The molecular formula is C13H14F6. The molecule has 0 heterocycles. The summed E-state index contributed by atoms with van der Waals surface area (Å²) >= 11 is 0. The molecule has 108 valence electrons. The maximum absolute atomic E-state index is 13.0. The molecule has 0 unspecified atom stereocenters. The number of halogens is 6. The summed E-state index contributed by atoms with van der Waals surface area (Å²) in [6.07, 6.45) is -12.7. The highest BCUT2D eigenvalue weighted by atomic mass is 19.4. The largest absolute Gasteiger partial charge is 0.416 e. The van der Waals surface area contributed by atoms with Gasteiger partial charge in [-0.05, 0) is 30.5 Å². The van der Waals surface area contributed by atoms with Crippen LogP contribution in [-0.2, 0) is 12.5 Å². The molecular weight excluding hydrogens is 270 g/mol. The second kappa shape index (κ2) is 4.72. The van der Waals surface area contributed by atoms with Crippen LogP contribution in [0.25, 0.3) is 0 Å². The Balaban J connectivity index is 3.47. The predicted molar refractivity (Wildman–Crippen MR) is 59.7 cm³/mol. The molecule has 0 bridgehead atoms. The first-order chi connectivity index (χ1) is 9.12. The molecule has 0 spiro atoms. The van der Waals surface area contributed by atoms with Crippen molar-refractivity contribution in [2.45, 2.75) is 39.5 Å². The fourth-order valence-electron chi connectivity index (χ4n) is 1.44. The minimum atomic E-state index is -4.90. The lowest BCUT2D eigenvalue weighted by molar-refractivity contribution is -0.211. The molecule has 1 aromatic rings. The first-order valence-corrected chi connectivity index (χ1v) is 5.37. The molecule has 0 nitrogen and oxygen atoms in total. The molecule has 6 heteroatoms. The summed E-state index contributed by atoms with van der Waals surface area (Å²) in [5.41, 5.74) is -4.80. The van der Waals surface area contributed by atoms with Gasteiger partial charge in [0.2, 0.25) is 0 Å². The van der Waals surface area contributed by atoms with Gasteiger partial charge in [-0.25, -0.2) is 0 Å². The zero-order valence-electron chi connectivity index (χ0n) is 12.5. The molecule has 0 N–H and O–H groups in total. The third kappa shape index (κ3) is 3.64. The van der Waals surface area contributed by atoms with Crippen LogP contribution in [0.15, 0.2) is 18.2 Å². The molecule has 0 radical (unpaired) electrons. The van der Waals surface area contributed by atoms with E-state index >= 15 is 0 Å². The van der Waals surface area contributed by atoms with E-state index in [0.29, 0.717) is 19.9 Å². The van der Waals surface area contributed by atoms with Crippen molar-refractivity contribution in [2.75, 3.05) is 0 Å². The molecule has 19 heavy (non-hydrogen) atoms. The number of benzene rings is 1.